The minimum absolute atomic E-state index is 0.328. The van der Waals surface area contributed by atoms with E-state index in [9.17, 15) is 0 Å². The van der Waals surface area contributed by atoms with Crippen LogP contribution in [0.15, 0.2) is 23.3 Å². The van der Waals surface area contributed by atoms with Gasteiger partial charge in [0.15, 0.2) is 0 Å². The van der Waals surface area contributed by atoms with Crippen molar-refractivity contribution in [3.05, 3.63) is 28.8 Å². The van der Waals surface area contributed by atoms with Gasteiger partial charge in [0.05, 0.1) is 22.3 Å². The lowest BCUT2D eigenvalue weighted by Gasteiger charge is -2.28. The first-order chi connectivity index (χ1) is 9.69. The van der Waals surface area contributed by atoms with Crippen molar-refractivity contribution in [3.63, 3.8) is 0 Å². The quantitative estimate of drug-likeness (QED) is 0.805. The van der Waals surface area contributed by atoms with Gasteiger partial charge in [-0.1, -0.05) is 36.0 Å². The highest BCUT2D eigenvalue weighted by Crippen LogP contribution is 2.38. The summed E-state index contributed by atoms with van der Waals surface area (Å²) in [5.74, 6) is 0.643. The van der Waals surface area contributed by atoms with E-state index in [1.165, 1.54) is 25.7 Å². The summed E-state index contributed by atoms with van der Waals surface area (Å²) in [6.45, 7) is 0. The second kappa shape index (κ2) is 5.63. The molecular weight excluding hydrogens is 293 g/mol. The Balaban J connectivity index is 1.90. The molecule has 1 aliphatic carbocycles. The van der Waals surface area contributed by atoms with E-state index in [0.717, 1.165) is 12.1 Å². The summed E-state index contributed by atoms with van der Waals surface area (Å²) in [6.07, 6.45) is 5.88. The number of nitrogens with zero attached hydrogens (tertiary/aromatic N) is 3. The Labute approximate surface area is 128 Å². The van der Waals surface area contributed by atoms with Gasteiger partial charge >= 0.3 is 0 Å². The zero-order chi connectivity index (χ0) is 14.1. The van der Waals surface area contributed by atoms with Crippen LogP contribution in [0.1, 0.15) is 37.7 Å². The van der Waals surface area contributed by atoms with Crippen LogP contribution in [0.2, 0.25) is 5.02 Å². The van der Waals surface area contributed by atoms with Crippen LogP contribution in [-0.4, -0.2) is 11.2 Å². The highest BCUT2D eigenvalue weighted by molar-refractivity contribution is 6.65. The second-order valence-corrected chi connectivity index (χ2v) is 6.26. The lowest BCUT2D eigenvalue weighted by atomic mass is 9.95. The third-order valence-electron chi connectivity index (χ3n) is 4.19. The largest absolute Gasteiger partial charge is 0.261 e. The van der Waals surface area contributed by atoms with E-state index >= 15 is 0 Å². The second-order valence-electron chi connectivity index (χ2n) is 5.41. The standard InChI is InChI=1S/C15H15Cl2N3/c16-13-7-12(6-5-11(13)9-18)20-14(8-15(17)19-20)10-3-1-2-4-10/h5-7,10,14H,1-4,8H2. The summed E-state index contributed by atoms with van der Waals surface area (Å²) in [4.78, 5) is 0. The Kier molecular flexibility index (Phi) is 3.87. The van der Waals surface area contributed by atoms with Crippen molar-refractivity contribution in [3.8, 4) is 6.07 Å². The Hall–Kier alpha value is -1.24. The molecule has 0 N–H and O–H groups in total. The average Bonchev–Trinajstić information content (AvgIpc) is 3.07. The molecule has 104 valence electrons. The van der Waals surface area contributed by atoms with Crippen LogP contribution in [0.5, 0.6) is 0 Å². The number of nitriles is 1. The first kappa shape index (κ1) is 13.7. The zero-order valence-corrected chi connectivity index (χ0v) is 12.5. The number of anilines is 1. The number of halogens is 2. The molecule has 0 bridgehead atoms. The molecule has 1 heterocycles. The molecule has 1 aliphatic heterocycles. The van der Waals surface area contributed by atoms with E-state index in [1.54, 1.807) is 12.1 Å². The van der Waals surface area contributed by atoms with E-state index in [-0.39, 0.29) is 0 Å². The Morgan fingerprint density at radius 3 is 2.65 bits per heavy atom. The molecule has 2 aliphatic rings. The number of hydrazone groups is 1. The van der Waals surface area contributed by atoms with Crippen LogP contribution in [0.25, 0.3) is 0 Å². The highest BCUT2D eigenvalue weighted by Gasteiger charge is 2.35. The normalized spacial score (nSPS) is 22.9. The van der Waals surface area contributed by atoms with Crippen molar-refractivity contribution in [1.29, 1.82) is 5.26 Å². The van der Waals surface area contributed by atoms with Gasteiger partial charge in [0, 0.05) is 6.42 Å². The SMILES string of the molecule is N#Cc1ccc(N2N=C(Cl)CC2C2CCCC2)cc1Cl. The topological polar surface area (TPSA) is 39.4 Å². The zero-order valence-electron chi connectivity index (χ0n) is 11.0. The molecule has 1 atom stereocenters. The minimum atomic E-state index is 0.328. The lowest BCUT2D eigenvalue weighted by molar-refractivity contribution is 0.431. The summed E-state index contributed by atoms with van der Waals surface area (Å²) in [6, 6.07) is 7.85. The van der Waals surface area contributed by atoms with Gasteiger partial charge in [-0.3, -0.25) is 5.01 Å². The van der Waals surface area contributed by atoms with Crippen LogP contribution in [-0.2, 0) is 0 Å². The summed E-state index contributed by atoms with van der Waals surface area (Å²) in [5, 5.41) is 16.5. The molecule has 1 fully saturated rings. The third kappa shape index (κ3) is 2.51. The van der Waals surface area contributed by atoms with Gasteiger partial charge < -0.3 is 0 Å². The maximum atomic E-state index is 8.94. The minimum Gasteiger partial charge on any atom is -0.261 e. The molecule has 5 heteroatoms. The van der Waals surface area contributed by atoms with Crippen molar-refractivity contribution in [2.45, 2.75) is 38.1 Å². The molecule has 1 aromatic rings. The van der Waals surface area contributed by atoms with Crippen LogP contribution in [0.3, 0.4) is 0 Å². The van der Waals surface area contributed by atoms with Gasteiger partial charge in [0.1, 0.15) is 11.2 Å². The number of benzene rings is 1. The smallest absolute Gasteiger partial charge is 0.128 e. The van der Waals surface area contributed by atoms with Crippen molar-refractivity contribution < 1.29 is 0 Å². The van der Waals surface area contributed by atoms with Gasteiger partial charge in [-0.2, -0.15) is 10.4 Å². The molecule has 3 nitrogen and oxygen atoms in total. The van der Waals surface area contributed by atoms with E-state index in [1.807, 2.05) is 11.1 Å². The highest BCUT2D eigenvalue weighted by atomic mass is 35.5. The maximum absolute atomic E-state index is 8.94. The molecule has 3 rings (SSSR count). The van der Waals surface area contributed by atoms with E-state index < -0.39 is 0 Å². The Morgan fingerprint density at radius 2 is 2.00 bits per heavy atom. The molecule has 1 aromatic carbocycles. The van der Waals surface area contributed by atoms with Crippen molar-refractivity contribution >= 4 is 34.1 Å². The van der Waals surface area contributed by atoms with Crippen LogP contribution in [0, 0.1) is 17.2 Å². The summed E-state index contributed by atoms with van der Waals surface area (Å²) in [7, 11) is 0. The first-order valence-corrected chi connectivity index (χ1v) is 7.66. The molecular formula is C15H15Cl2N3. The molecule has 1 unspecified atom stereocenters. The molecule has 0 saturated heterocycles. The Bertz CT molecular complexity index is 585. The lowest BCUT2D eigenvalue weighted by Crippen LogP contribution is -2.32. The summed E-state index contributed by atoms with van der Waals surface area (Å²) in [5.41, 5.74) is 1.41. The van der Waals surface area contributed by atoms with Gasteiger partial charge in [-0.15, -0.1) is 0 Å². The van der Waals surface area contributed by atoms with Gasteiger partial charge in [0.25, 0.3) is 0 Å². The van der Waals surface area contributed by atoms with Crippen molar-refractivity contribution in [2.75, 3.05) is 5.01 Å². The Morgan fingerprint density at radius 1 is 1.25 bits per heavy atom. The van der Waals surface area contributed by atoms with E-state index in [2.05, 4.69) is 11.2 Å². The molecule has 1 saturated carbocycles. The third-order valence-corrected chi connectivity index (χ3v) is 4.73. The molecule has 20 heavy (non-hydrogen) atoms. The molecule has 0 aromatic heterocycles. The predicted octanol–water partition coefficient (Wildman–Crippen LogP) is 4.53. The first-order valence-electron chi connectivity index (χ1n) is 6.91. The van der Waals surface area contributed by atoms with E-state index in [4.69, 9.17) is 28.5 Å². The van der Waals surface area contributed by atoms with Crippen LogP contribution in [0.4, 0.5) is 5.69 Å². The van der Waals surface area contributed by atoms with Crippen molar-refractivity contribution in [1.82, 2.24) is 0 Å². The van der Waals surface area contributed by atoms with Crippen LogP contribution >= 0.6 is 23.2 Å². The van der Waals surface area contributed by atoms with Gasteiger partial charge in [0.2, 0.25) is 0 Å². The number of hydrogen-bond donors (Lipinski definition) is 0. The monoisotopic (exact) mass is 307 g/mol. The fourth-order valence-electron chi connectivity index (χ4n) is 3.19. The fraction of sp³-hybridized carbons (Fsp3) is 0.467. The molecule has 0 radical (unpaired) electrons. The van der Waals surface area contributed by atoms with Gasteiger partial charge in [-0.25, -0.2) is 0 Å². The maximum Gasteiger partial charge on any atom is 0.128 e. The van der Waals surface area contributed by atoms with Gasteiger partial charge in [-0.05, 0) is 37.0 Å². The summed E-state index contributed by atoms with van der Waals surface area (Å²) >= 11 is 12.3. The number of hydrogen-bond acceptors (Lipinski definition) is 3. The average molecular weight is 308 g/mol. The van der Waals surface area contributed by atoms with E-state index in [0.29, 0.717) is 27.7 Å². The summed E-state index contributed by atoms with van der Waals surface area (Å²) < 4.78 is 0. The fourth-order valence-corrected chi connectivity index (χ4v) is 3.64. The van der Waals surface area contributed by atoms with Crippen LogP contribution < -0.4 is 5.01 Å². The molecule has 0 spiro atoms. The number of rotatable bonds is 2. The van der Waals surface area contributed by atoms with Crippen molar-refractivity contribution in [2.24, 2.45) is 11.0 Å². The predicted molar refractivity (Wildman–Crippen MR) is 82.3 cm³/mol. The molecule has 0 amide bonds.